The summed E-state index contributed by atoms with van der Waals surface area (Å²) < 4.78 is 0. The van der Waals surface area contributed by atoms with Crippen molar-refractivity contribution in [3.8, 4) is 0 Å². The number of carbonyl (C=O) groups excluding carboxylic acids is 1. The maximum Gasteiger partial charge on any atom is 0.207 e. The zero-order valence-corrected chi connectivity index (χ0v) is 11.3. The highest BCUT2D eigenvalue weighted by Gasteiger charge is 2.10. The first kappa shape index (κ1) is 13.9. The molecule has 0 aliphatic carbocycles. The van der Waals surface area contributed by atoms with Crippen LogP contribution in [-0.4, -0.2) is 17.9 Å². The molecule has 1 atom stereocenters. The molecule has 0 spiro atoms. The van der Waals surface area contributed by atoms with Crippen LogP contribution >= 0.6 is 11.3 Å². The van der Waals surface area contributed by atoms with Gasteiger partial charge in [0.15, 0.2) is 0 Å². The standard InChI is InChI=1S/C13H20N2OS/c1-4-10(2)13-15-12(8-17-13)11(3)6-5-7-14-9-16/h8-9,11H,2,4-7H2,1,3H3,(H,14,16). The molecule has 0 bridgehead atoms. The fourth-order valence-corrected chi connectivity index (χ4v) is 2.53. The van der Waals surface area contributed by atoms with E-state index in [1.54, 1.807) is 11.3 Å². The van der Waals surface area contributed by atoms with Gasteiger partial charge in [-0.1, -0.05) is 20.4 Å². The van der Waals surface area contributed by atoms with Crippen molar-refractivity contribution in [2.45, 2.75) is 39.0 Å². The molecule has 4 heteroatoms. The highest BCUT2D eigenvalue weighted by atomic mass is 32.1. The third-order valence-corrected chi connectivity index (χ3v) is 3.76. The summed E-state index contributed by atoms with van der Waals surface area (Å²) in [7, 11) is 0. The van der Waals surface area contributed by atoms with Crippen LogP contribution in [0, 0.1) is 0 Å². The van der Waals surface area contributed by atoms with Crippen molar-refractivity contribution in [3.05, 3.63) is 22.7 Å². The second kappa shape index (κ2) is 7.22. The number of nitrogens with one attached hydrogen (secondary N) is 1. The summed E-state index contributed by atoms with van der Waals surface area (Å²) in [6.45, 7) is 9.01. The summed E-state index contributed by atoms with van der Waals surface area (Å²) in [5.74, 6) is 0.443. The number of nitrogens with zero attached hydrogens (tertiary/aromatic N) is 1. The van der Waals surface area contributed by atoms with Gasteiger partial charge in [0.1, 0.15) is 5.01 Å². The maximum atomic E-state index is 10.1. The van der Waals surface area contributed by atoms with Crippen molar-refractivity contribution in [1.29, 1.82) is 0 Å². The molecule has 1 heterocycles. The summed E-state index contributed by atoms with van der Waals surface area (Å²) in [6.07, 6.45) is 3.73. The highest BCUT2D eigenvalue weighted by Crippen LogP contribution is 2.26. The van der Waals surface area contributed by atoms with Gasteiger partial charge in [-0.15, -0.1) is 11.3 Å². The molecule has 0 saturated carbocycles. The van der Waals surface area contributed by atoms with Gasteiger partial charge in [0.05, 0.1) is 5.69 Å². The van der Waals surface area contributed by atoms with E-state index in [1.165, 1.54) is 0 Å². The molecule has 0 saturated heterocycles. The van der Waals surface area contributed by atoms with Crippen molar-refractivity contribution in [3.63, 3.8) is 0 Å². The molecule has 1 rings (SSSR count). The molecular weight excluding hydrogens is 232 g/mol. The molecule has 0 aromatic carbocycles. The van der Waals surface area contributed by atoms with Gasteiger partial charge in [0.25, 0.3) is 0 Å². The molecule has 94 valence electrons. The summed E-state index contributed by atoms with van der Waals surface area (Å²) in [5, 5.41) is 5.85. The van der Waals surface area contributed by atoms with Gasteiger partial charge < -0.3 is 5.32 Å². The van der Waals surface area contributed by atoms with E-state index in [2.05, 4.69) is 36.1 Å². The van der Waals surface area contributed by atoms with Crippen molar-refractivity contribution in [2.24, 2.45) is 0 Å². The molecule has 0 fully saturated rings. The quantitative estimate of drug-likeness (QED) is 0.570. The van der Waals surface area contributed by atoms with Crippen LogP contribution in [0.4, 0.5) is 0 Å². The number of rotatable bonds is 8. The van der Waals surface area contributed by atoms with Crippen LogP contribution in [-0.2, 0) is 4.79 Å². The van der Waals surface area contributed by atoms with Gasteiger partial charge in [-0.2, -0.15) is 0 Å². The van der Waals surface area contributed by atoms with E-state index < -0.39 is 0 Å². The average Bonchev–Trinajstić information content (AvgIpc) is 2.83. The third kappa shape index (κ3) is 4.30. The minimum absolute atomic E-state index is 0.443. The Hall–Kier alpha value is -1.16. The Morgan fingerprint density at radius 2 is 2.47 bits per heavy atom. The van der Waals surface area contributed by atoms with Crippen LogP contribution in [0.1, 0.15) is 49.7 Å². The lowest BCUT2D eigenvalue weighted by Crippen LogP contribution is -2.12. The Morgan fingerprint density at radius 1 is 1.71 bits per heavy atom. The number of thiazole rings is 1. The maximum absolute atomic E-state index is 10.1. The Bertz CT molecular complexity index is 373. The van der Waals surface area contributed by atoms with Crippen LogP contribution in [0.25, 0.3) is 5.57 Å². The first-order chi connectivity index (χ1) is 8.19. The summed E-state index contributed by atoms with van der Waals surface area (Å²) in [5.41, 5.74) is 2.25. The smallest absolute Gasteiger partial charge is 0.207 e. The van der Waals surface area contributed by atoms with E-state index in [4.69, 9.17) is 0 Å². The minimum Gasteiger partial charge on any atom is -0.359 e. The average molecular weight is 252 g/mol. The van der Waals surface area contributed by atoms with Crippen LogP contribution in [0.5, 0.6) is 0 Å². The van der Waals surface area contributed by atoms with Crippen LogP contribution < -0.4 is 5.32 Å². The summed E-state index contributed by atoms with van der Waals surface area (Å²) >= 11 is 1.67. The lowest BCUT2D eigenvalue weighted by molar-refractivity contribution is -0.109. The Kier molecular flexibility index (Phi) is 5.91. The van der Waals surface area contributed by atoms with Gasteiger partial charge in [0.2, 0.25) is 6.41 Å². The second-order valence-electron chi connectivity index (χ2n) is 4.15. The molecule has 1 aromatic heterocycles. The predicted molar refractivity (Wildman–Crippen MR) is 73.2 cm³/mol. The number of hydrogen-bond donors (Lipinski definition) is 1. The zero-order chi connectivity index (χ0) is 12.7. The van der Waals surface area contributed by atoms with Gasteiger partial charge in [0, 0.05) is 11.9 Å². The zero-order valence-electron chi connectivity index (χ0n) is 10.5. The third-order valence-electron chi connectivity index (χ3n) is 2.80. The number of aromatic nitrogens is 1. The van der Waals surface area contributed by atoms with Crippen molar-refractivity contribution in [1.82, 2.24) is 10.3 Å². The second-order valence-corrected chi connectivity index (χ2v) is 5.01. The monoisotopic (exact) mass is 252 g/mol. The van der Waals surface area contributed by atoms with Crippen LogP contribution in [0.2, 0.25) is 0 Å². The fourth-order valence-electron chi connectivity index (χ4n) is 1.54. The van der Waals surface area contributed by atoms with Crippen molar-refractivity contribution >= 4 is 23.3 Å². The van der Waals surface area contributed by atoms with E-state index >= 15 is 0 Å². The Balaban J connectivity index is 2.46. The number of carbonyl (C=O) groups is 1. The van der Waals surface area contributed by atoms with Crippen LogP contribution in [0.3, 0.4) is 0 Å². The lowest BCUT2D eigenvalue weighted by Gasteiger charge is -2.07. The molecule has 0 radical (unpaired) electrons. The molecule has 1 unspecified atom stereocenters. The topological polar surface area (TPSA) is 42.0 Å². The molecule has 1 amide bonds. The minimum atomic E-state index is 0.443. The first-order valence-corrected chi connectivity index (χ1v) is 6.87. The molecule has 1 N–H and O–H groups in total. The molecule has 1 aromatic rings. The molecule has 0 aliphatic rings. The first-order valence-electron chi connectivity index (χ1n) is 5.99. The van der Waals surface area contributed by atoms with Gasteiger partial charge in [-0.05, 0) is 30.8 Å². The number of hydrogen-bond acceptors (Lipinski definition) is 3. The summed E-state index contributed by atoms with van der Waals surface area (Å²) in [6, 6.07) is 0. The van der Waals surface area contributed by atoms with Crippen molar-refractivity contribution in [2.75, 3.05) is 6.54 Å². The van der Waals surface area contributed by atoms with Gasteiger partial charge in [-0.3, -0.25) is 4.79 Å². The van der Waals surface area contributed by atoms with Gasteiger partial charge in [-0.25, -0.2) is 4.98 Å². The number of amides is 1. The van der Waals surface area contributed by atoms with E-state index in [0.717, 1.165) is 48.5 Å². The lowest BCUT2D eigenvalue weighted by atomic mass is 10.0. The van der Waals surface area contributed by atoms with E-state index in [9.17, 15) is 4.79 Å². The molecule has 17 heavy (non-hydrogen) atoms. The van der Waals surface area contributed by atoms with E-state index in [-0.39, 0.29) is 0 Å². The van der Waals surface area contributed by atoms with E-state index in [1.807, 2.05) is 0 Å². The van der Waals surface area contributed by atoms with Crippen LogP contribution in [0.15, 0.2) is 12.0 Å². The van der Waals surface area contributed by atoms with Crippen molar-refractivity contribution < 1.29 is 4.79 Å². The van der Waals surface area contributed by atoms with Gasteiger partial charge >= 0.3 is 0 Å². The Labute approximate surface area is 107 Å². The Morgan fingerprint density at radius 3 is 3.12 bits per heavy atom. The largest absolute Gasteiger partial charge is 0.359 e. The normalized spacial score (nSPS) is 12.1. The summed E-state index contributed by atoms with van der Waals surface area (Å²) in [4.78, 5) is 14.7. The van der Waals surface area contributed by atoms with E-state index in [0.29, 0.717) is 5.92 Å². The molecular formula is C13H20N2OS. The molecule has 0 aliphatic heterocycles. The fraction of sp³-hybridized carbons (Fsp3) is 0.538. The number of allylic oxidation sites excluding steroid dienone is 1. The SMILES string of the molecule is C=C(CC)c1nc(C(C)CCCNC=O)cs1. The molecule has 3 nitrogen and oxygen atoms in total. The highest BCUT2D eigenvalue weighted by molar-refractivity contribution is 7.10. The predicted octanol–water partition coefficient (Wildman–Crippen LogP) is 3.20.